The van der Waals surface area contributed by atoms with Crippen LogP contribution >= 0.6 is 0 Å². The summed E-state index contributed by atoms with van der Waals surface area (Å²) >= 11 is 0. The number of carbonyl (C=O) groups excluding carboxylic acids is 1. The van der Waals surface area contributed by atoms with Gasteiger partial charge < -0.3 is 4.42 Å². The van der Waals surface area contributed by atoms with E-state index in [-0.39, 0.29) is 5.41 Å². The molecule has 0 aliphatic heterocycles. The van der Waals surface area contributed by atoms with Gasteiger partial charge in [0.15, 0.2) is 11.2 Å². The fourth-order valence-corrected chi connectivity index (χ4v) is 5.03. The number of rotatable bonds is 5. The van der Waals surface area contributed by atoms with Crippen molar-refractivity contribution in [2.24, 2.45) is 0 Å². The van der Waals surface area contributed by atoms with Crippen LogP contribution in [-0.4, -0.2) is 13.5 Å². The van der Waals surface area contributed by atoms with Crippen LogP contribution in [0.25, 0.3) is 0 Å². The molecule has 0 amide bonds. The zero-order valence-electron chi connectivity index (χ0n) is 9.17. The van der Waals surface area contributed by atoms with Gasteiger partial charge in [0.25, 0.3) is 0 Å². The van der Waals surface area contributed by atoms with Crippen molar-refractivity contribution < 1.29 is 9.21 Å². The maximum Gasteiger partial charge on any atom is 0.174 e. The maximum absolute atomic E-state index is 12.2. The van der Waals surface area contributed by atoms with Gasteiger partial charge in [0, 0.05) is 0 Å². The van der Waals surface area contributed by atoms with Crippen molar-refractivity contribution in [2.75, 3.05) is 0 Å². The summed E-state index contributed by atoms with van der Waals surface area (Å²) < 4.78 is 5.19. The van der Waals surface area contributed by atoms with Crippen LogP contribution in [-0.2, 0) is 0 Å². The highest BCUT2D eigenvalue weighted by molar-refractivity contribution is 7.07. The average Bonchev–Trinajstić information content (AvgIpc) is 2.74. The molecule has 0 N–H and O–H groups in total. The zero-order chi connectivity index (χ0) is 10.6. The van der Waals surface area contributed by atoms with Gasteiger partial charge in [-0.1, -0.05) is 38.9 Å². The molecule has 0 bridgehead atoms. The van der Waals surface area contributed by atoms with Crippen LogP contribution in [0.1, 0.15) is 31.3 Å². The van der Waals surface area contributed by atoms with E-state index in [1.165, 1.54) is 0 Å². The standard InChI is InChI=1S/C11H18O2Si/c1-4-14(5-2,6-3)11(12)10-8-7-9-13-10/h7-9H,4-6H2,1-3H3. The zero-order valence-corrected chi connectivity index (χ0v) is 10.2. The smallest absolute Gasteiger partial charge is 0.174 e. The Morgan fingerprint density at radius 2 is 1.86 bits per heavy atom. The highest BCUT2D eigenvalue weighted by Gasteiger charge is 2.37. The largest absolute Gasteiger partial charge is 0.462 e. The lowest BCUT2D eigenvalue weighted by Crippen LogP contribution is -2.41. The van der Waals surface area contributed by atoms with E-state index in [1.54, 1.807) is 18.4 Å². The maximum atomic E-state index is 12.2. The molecule has 1 heterocycles. The summed E-state index contributed by atoms with van der Waals surface area (Å²) in [7, 11) is -1.76. The van der Waals surface area contributed by atoms with Crippen LogP contribution in [0.2, 0.25) is 18.1 Å². The van der Waals surface area contributed by atoms with Gasteiger partial charge in [-0.15, -0.1) is 0 Å². The molecule has 0 saturated heterocycles. The van der Waals surface area contributed by atoms with Crippen LogP contribution in [0.15, 0.2) is 22.8 Å². The van der Waals surface area contributed by atoms with Gasteiger partial charge in [0.1, 0.15) is 8.07 Å². The lowest BCUT2D eigenvalue weighted by atomic mass is 10.5. The van der Waals surface area contributed by atoms with Crippen molar-refractivity contribution in [2.45, 2.75) is 38.9 Å². The van der Waals surface area contributed by atoms with Gasteiger partial charge >= 0.3 is 0 Å². The van der Waals surface area contributed by atoms with Crippen LogP contribution in [0.4, 0.5) is 0 Å². The first-order chi connectivity index (χ1) is 6.70. The second kappa shape index (κ2) is 4.60. The van der Waals surface area contributed by atoms with E-state index in [9.17, 15) is 4.79 Å². The van der Waals surface area contributed by atoms with Gasteiger partial charge in [-0.3, -0.25) is 4.79 Å². The third-order valence-corrected chi connectivity index (χ3v) is 8.53. The molecular formula is C11H18O2Si. The molecule has 3 heteroatoms. The van der Waals surface area contributed by atoms with E-state index in [0.717, 1.165) is 18.1 Å². The highest BCUT2D eigenvalue weighted by atomic mass is 28.3. The van der Waals surface area contributed by atoms with Crippen molar-refractivity contribution in [3.63, 3.8) is 0 Å². The second-order valence-electron chi connectivity index (χ2n) is 3.65. The Morgan fingerprint density at radius 1 is 1.29 bits per heavy atom. The number of carbonyl (C=O) groups is 1. The van der Waals surface area contributed by atoms with Crippen LogP contribution < -0.4 is 0 Å². The molecular weight excluding hydrogens is 192 g/mol. The molecule has 0 unspecified atom stereocenters. The molecule has 0 atom stereocenters. The monoisotopic (exact) mass is 210 g/mol. The Labute approximate surface area is 86.3 Å². The molecule has 0 aliphatic rings. The molecule has 0 spiro atoms. The minimum Gasteiger partial charge on any atom is -0.462 e. The Kier molecular flexibility index (Phi) is 3.69. The summed E-state index contributed by atoms with van der Waals surface area (Å²) in [5, 5.41) is 0.287. The van der Waals surface area contributed by atoms with E-state index in [0.29, 0.717) is 5.76 Å². The molecule has 1 aromatic heterocycles. The topological polar surface area (TPSA) is 30.2 Å². The van der Waals surface area contributed by atoms with E-state index in [4.69, 9.17) is 4.42 Å². The molecule has 14 heavy (non-hydrogen) atoms. The molecule has 0 radical (unpaired) electrons. The normalized spacial score (nSPS) is 11.6. The minimum absolute atomic E-state index is 0.287. The van der Waals surface area contributed by atoms with Crippen molar-refractivity contribution >= 4 is 13.5 Å². The fraction of sp³-hybridized carbons (Fsp3) is 0.545. The van der Waals surface area contributed by atoms with Gasteiger partial charge in [0.05, 0.1) is 6.26 Å². The number of hydrogen-bond acceptors (Lipinski definition) is 2. The Bertz CT molecular complexity index is 278. The van der Waals surface area contributed by atoms with Crippen molar-refractivity contribution in [1.29, 1.82) is 0 Å². The molecule has 0 aliphatic carbocycles. The quantitative estimate of drug-likeness (QED) is 0.696. The molecule has 0 aromatic carbocycles. The second-order valence-corrected chi connectivity index (χ2v) is 8.78. The molecule has 2 nitrogen and oxygen atoms in total. The minimum atomic E-state index is -1.76. The highest BCUT2D eigenvalue weighted by Crippen LogP contribution is 2.25. The Morgan fingerprint density at radius 3 is 2.21 bits per heavy atom. The van der Waals surface area contributed by atoms with Crippen LogP contribution in [0.5, 0.6) is 0 Å². The average molecular weight is 210 g/mol. The number of furan rings is 1. The predicted molar refractivity (Wildman–Crippen MR) is 60.2 cm³/mol. The van der Waals surface area contributed by atoms with Crippen LogP contribution in [0, 0.1) is 0 Å². The first-order valence-electron chi connectivity index (χ1n) is 5.28. The predicted octanol–water partition coefficient (Wildman–Crippen LogP) is 3.51. The third kappa shape index (κ3) is 1.82. The summed E-state index contributed by atoms with van der Waals surface area (Å²) in [6.07, 6.45) is 1.58. The molecule has 0 fully saturated rings. The Hall–Kier alpha value is -0.833. The van der Waals surface area contributed by atoms with E-state index >= 15 is 0 Å². The van der Waals surface area contributed by atoms with Gasteiger partial charge in [-0.2, -0.15) is 0 Å². The molecule has 1 aromatic rings. The van der Waals surface area contributed by atoms with Crippen molar-refractivity contribution in [3.8, 4) is 0 Å². The Balaban J connectivity index is 2.95. The summed E-state index contributed by atoms with van der Waals surface area (Å²) in [5.41, 5.74) is 0. The van der Waals surface area contributed by atoms with Gasteiger partial charge in [-0.05, 0) is 12.1 Å². The molecule has 78 valence electrons. The van der Waals surface area contributed by atoms with Crippen molar-refractivity contribution in [3.05, 3.63) is 24.2 Å². The van der Waals surface area contributed by atoms with E-state index in [1.807, 2.05) is 0 Å². The van der Waals surface area contributed by atoms with E-state index in [2.05, 4.69) is 20.8 Å². The molecule has 0 saturated carbocycles. The van der Waals surface area contributed by atoms with Gasteiger partial charge in [-0.25, -0.2) is 0 Å². The number of hydrogen-bond donors (Lipinski definition) is 0. The first kappa shape index (κ1) is 11.2. The summed E-state index contributed by atoms with van der Waals surface area (Å²) in [4.78, 5) is 12.2. The lowest BCUT2D eigenvalue weighted by Gasteiger charge is -2.24. The molecule has 1 rings (SSSR count). The van der Waals surface area contributed by atoms with Gasteiger partial charge in [0.2, 0.25) is 0 Å². The summed E-state index contributed by atoms with van der Waals surface area (Å²) in [6, 6.07) is 6.61. The lowest BCUT2D eigenvalue weighted by molar-refractivity contribution is 0.104. The van der Waals surface area contributed by atoms with Crippen LogP contribution in [0.3, 0.4) is 0 Å². The summed E-state index contributed by atoms with van der Waals surface area (Å²) in [6.45, 7) is 6.38. The van der Waals surface area contributed by atoms with Crippen molar-refractivity contribution in [1.82, 2.24) is 0 Å². The fourth-order valence-electron chi connectivity index (χ4n) is 1.90. The third-order valence-electron chi connectivity index (χ3n) is 3.26. The van der Waals surface area contributed by atoms with E-state index < -0.39 is 8.07 Å². The first-order valence-corrected chi connectivity index (χ1v) is 7.90. The SMILES string of the molecule is CC[Si](CC)(CC)C(=O)c1ccco1. The summed E-state index contributed by atoms with van der Waals surface area (Å²) in [5.74, 6) is 0.558.